The second kappa shape index (κ2) is 6.31. The molecule has 0 saturated carbocycles. The molecule has 0 aromatic heterocycles. The highest BCUT2D eigenvalue weighted by atomic mass is 16.1. The molecule has 0 bridgehead atoms. The molecular formula is C16H26O2. The number of hydrogen-bond acceptors (Lipinski definition) is 2. The van der Waals surface area contributed by atoms with Crippen molar-refractivity contribution in [1.82, 2.24) is 0 Å². The molecule has 2 nitrogen and oxygen atoms in total. The van der Waals surface area contributed by atoms with Crippen molar-refractivity contribution in [2.45, 2.75) is 66.2 Å². The van der Waals surface area contributed by atoms with Gasteiger partial charge in [-0.15, -0.1) is 0 Å². The van der Waals surface area contributed by atoms with Gasteiger partial charge in [-0.1, -0.05) is 52.5 Å². The lowest BCUT2D eigenvalue weighted by Crippen LogP contribution is -2.19. The quantitative estimate of drug-likeness (QED) is 0.556. The van der Waals surface area contributed by atoms with Crippen molar-refractivity contribution in [3.05, 3.63) is 11.6 Å². The fourth-order valence-electron chi connectivity index (χ4n) is 2.72. The first-order valence-corrected chi connectivity index (χ1v) is 7.11. The number of unbranched alkanes of at least 4 members (excludes halogenated alkanes) is 2. The zero-order valence-corrected chi connectivity index (χ0v) is 12.2. The molecule has 0 saturated heterocycles. The Morgan fingerprint density at radius 1 is 1.22 bits per heavy atom. The van der Waals surface area contributed by atoms with E-state index in [4.69, 9.17) is 0 Å². The summed E-state index contributed by atoms with van der Waals surface area (Å²) in [6.07, 6.45) is 6.99. The molecule has 2 heteroatoms. The standard InChI is InChI=1S/C16H26O2/c1-5-6-7-8-12-9-13(17)10-14(18)11-15(12)16(2,3)4/h11-12H,5-10H2,1-4H3. The van der Waals surface area contributed by atoms with Gasteiger partial charge in [0.1, 0.15) is 5.78 Å². The van der Waals surface area contributed by atoms with Gasteiger partial charge in [-0.3, -0.25) is 9.59 Å². The molecule has 0 N–H and O–H groups in total. The van der Waals surface area contributed by atoms with Crippen LogP contribution in [0.3, 0.4) is 0 Å². The van der Waals surface area contributed by atoms with Gasteiger partial charge in [0.15, 0.2) is 5.78 Å². The molecule has 0 aliphatic heterocycles. The van der Waals surface area contributed by atoms with E-state index in [-0.39, 0.29) is 29.3 Å². The Morgan fingerprint density at radius 3 is 2.44 bits per heavy atom. The van der Waals surface area contributed by atoms with E-state index in [1.165, 1.54) is 18.4 Å². The van der Waals surface area contributed by atoms with Crippen LogP contribution in [-0.4, -0.2) is 11.6 Å². The Morgan fingerprint density at radius 2 is 1.89 bits per heavy atom. The zero-order chi connectivity index (χ0) is 13.8. The third kappa shape index (κ3) is 4.40. The smallest absolute Gasteiger partial charge is 0.163 e. The first-order chi connectivity index (χ1) is 8.34. The summed E-state index contributed by atoms with van der Waals surface area (Å²) in [4.78, 5) is 23.5. The summed E-state index contributed by atoms with van der Waals surface area (Å²) in [6.45, 7) is 8.58. The molecule has 0 amide bonds. The molecule has 0 aromatic rings. The van der Waals surface area contributed by atoms with E-state index in [1.54, 1.807) is 6.08 Å². The summed E-state index contributed by atoms with van der Waals surface area (Å²) >= 11 is 0. The maximum Gasteiger partial charge on any atom is 0.163 e. The number of allylic oxidation sites excluding steroid dienone is 2. The lowest BCUT2D eigenvalue weighted by Gasteiger charge is -2.29. The molecule has 102 valence electrons. The predicted octanol–water partition coefficient (Wildman–Crippen LogP) is 4.09. The Kier molecular flexibility index (Phi) is 5.30. The minimum absolute atomic E-state index is 0.0112. The van der Waals surface area contributed by atoms with Gasteiger partial charge in [-0.25, -0.2) is 0 Å². The molecule has 0 fully saturated rings. The van der Waals surface area contributed by atoms with Crippen LogP contribution < -0.4 is 0 Å². The first kappa shape index (κ1) is 15.1. The van der Waals surface area contributed by atoms with E-state index in [0.29, 0.717) is 6.42 Å². The van der Waals surface area contributed by atoms with E-state index in [9.17, 15) is 9.59 Å². The summed E-state index contributed by atoms with van der Waals surface area (Å²) in [5.74, 6) is 0.371. The van der Waals surface area contributed by atoms with Crippen molar-refractivity contribution in [2.24, 2.45) is 11.3 Å². The highest BCUT2D eigenvalue weighted by molar-refractivity contribution is 6.06. The third-order valence-electron chi connectivity index (χ3n) is 3.62. The molecule has 0 aromatic carbocycles. The Balaban J connectivity index is 2.88. The Hall–Kier alpha value is -0.920. The van der Waals surface area contributed by atoms with Crippen molar-refractivity contribution in [1.29, 1.82) is 0 Å². The SMILES string of the molecule is CCCCCC1CC(=O)CC(=O)C=C1C(C)(C)C. The zero-order valence-electron chi connectivity index (χ0n) is 12.2. The van der Waals surface area contributed by atoms with E-state index in [2.05, 4.69) is 27.7 Å². The number of hydrogen-bond donors (Lipinski definition) is 0. The number of carbonyl (C=O) groups excluding carboxylic acids is 2. The van der Waals surface area contributed by atoms with Gasteiger partial charge in [-0.2, -0.15) is 0 Å². The molecule has 0 heterocycles. The van der Waals surface area contributed by atoms with Crippen LogP contribution in [0, 0.1) is 11.3 Å². The highest BCUT2D eigenvalue weighted by Gasteiger charge is 2.30. The van der Waals surface area contributed by atoms with Crippen molar-refractivity contribution >= 4 is 11.6 Å². The van der Waals surface area contributed by atoms with Gasteiger partial charge in [0.2, 0.25) is 0 Å². The molecule has 1 unspecified atom stereocenters. The van der Waals surface area contributed by atoms with E-state index in [1.807, 2.05) is 0 Å². The molecule has 18 heavy (non-hydrogen) atoms. The monoisotopic (exact) mass is 250 g/mol. The van der Waals surface area contributed by atoms with Gasteiger partial charge >= 0.3 is 0 Å². The lowest BCUT2D eigenvalue weighted by molar-refractivity contribution is -0.124. The van der Waals surface area contributed by atoms with Crippen molar-refractivity contribution < 1.29 is 9.59 Å². The predicted molar refractivity (Wildman–Crippen MR) is 74.4 cm³/mol. The van der Waals surface area contributed by atoms with Crippen molar-refractivity contribution in [3.63, 3.8) is 0 Å². The molecule has 0 radical (unpaired) electrons. The average Bonchev–Trinajstić information content (AvgIpc) is 2.36. The van der Waals surface area contributed by atoms with Crippen LogP contribution in [0.4, 0.5) is 0 Å². The van der Waals surface area contributed by atoms with Crippen LogP contribution in [0.25, 0.3) is 0 Å². The van der Waals surface area contributed by atoms with Gasteiger partial charge < -0.3 is 0 Å². The number of Topliss-reactive ketones (excluding diaryl/α,β-unsaturated/α-hetero) is 1. The first-order valence-electron chi connectivity index (χ1n) is 7.11. The molecule has 1 rings (SSSR count). The minimum Gasteiger partial charge on any atom is -0.299 e. The number of carbonyl (C=O) groups is 2. The minimum atomic E-state index is -0.0167. The molecule has 1 atom stereocenters. The molecular weight excluding hydrogens is 224 g/mol. The van der Waals surface area contributed by atoms with Crippen LogP contribution in [0.1, 0.15) is 66.2 Å². The van der Waals surface area contributed by atoms with E-state index < -0.39 is 0 Å². The lowest BCUT2D eigenvalue weighted by atomic mass is 9.75. The van der Waals surface area contributed by atoms with Crippen molar-refractivity contribution in [3.8, 4) is 0 Å². The maximum absolute atomic E-state index is 11.8. The maximum atomic E-state index is 11.8. The van der Waals surface area contributed by atoms with Gasteiger partial charge in [-0.05, 0) is 23.8 Å². The van der Waals surface area contributed by atoms with Crippen LogP contribution in [0.5, 0.6) is 0 Å². The normalized spacial score (nSPS) is 21.8. The second-order valence-corrected chi connectivity index (χ2v) is 6.43. The number of ketones is 2. The summed E-state index contributed by atoms with van der Waals surface area (Å²) in [5.41, 5.74) is 1.16. The van der Waals surface area contributed by atoms with Crippen LogP contribution in [0.15, 0.2) is 11.6 Å². The largest absolute Gasteiger partial charge is 0.299 e. The summed E-state index contributed by atoms with van der Waals surface area (Å²) in [7, 11) is 0. The van der Waals surface area contributed by atoms with Gasteiger partial charge in [0.05, 0.1) is 6.42 Å². The third-order valence-corrected chi connectivity index (χ3v) is 3.62. The van der Waals surface area contributed by atoms with Crippen LogP contribution >= 0.6 is 0 Å². The van der Waals surface area contributed by atoms with Crippen LogP contribution in [0.2, 0.25) is 0 Å². The number of rotatable bonds is 4. The molecule has 0 spiro atoms. The fraction of sp³-hybridized carbons (Fsp3) is 0.750. The highest BCUT2D eigenvalue weighted by Crippen LogP contribution is 2.37. The van der Waals surface area contributed by atoms with E-state index in [0.717, 1.165) is 12.8 Å². The average molecular weight is 250 g/mol. The summed E-state index contributed by atoms with van der Waals surface area (Å²) < 4.78 is 0. The summed E-state index contributed by atoms with van der Waals surface area (Å²) in [6, 6.07) is 0. The molecule has 1 aliphatic carbocycles. The van der Waals surface area contributed by atoms with Gasteiger partial charge in [0.25, 0.3) is 0 Å². The Bertz CT molecular complexity index is 345. The van der Waals surface area contributed by atoms with Crippen molar-refractivity contribution in [2.75, 3.05) is 0 Å². The van der Waals surface area contributed by atoms with Crippen LogP contribution in [-0.2, 0) is 9.59 Å². The molecule has 1 aliphatic rings. The topological polar surface area (TPSA) is 34.1 Å². The Labute approximate surface area is 111 Å². The van der Waals surface area contributed by atoms with Gasteiger partial charge in [0, 0.05) is 6.42 Å². The fourth-order valence-corrected chi connectivity index (χ4v) is 2.72. The van der Waals surface area contributed by atoms with E-state index >= 15 is 0 Å². The second-order valence-electron chi connectivity index (χ2n) is 6.43. The summed E-state index contributed by atoms with van der Waals surface area (Å²) in [5, 5.41) is 0.